The molecule has 0 aliphatic carbocycles. The highest BCUT2D eigenvalue weighted by Crippen LogP contribution is 2.36. The van der Waals surface area contributed by atoms with E-state index in [1.807, 2.05) is 18.3 Å². The molecule has 0 saturated heterocycles. The molecule has 0 amide bonds. The maximum absolute atomic E-state index is 6.30. The van der Waals surface area contributed by atoms with Crippen LogP contribution in [0.25, 0.3) is 0 Å². The summed E-state index contributed by atoms with van der Waals surface area (Å²) in [5, 5.41) is 3.54. The van der Waals surface area contributed by atoms with Gasteiger partial charge in [-0.1, -0.05) is 36.2 Å². The van der Waals surface area contributed by atoms with Gasteiger partial charge in [-0.15, -0.1) is 11.3 Å². The Morgan fingerprint density at radius 2 is 2.20 bits per heavy atom. The third-order valence-corrected chi connectivity index (χ3v) is 4.73. The summed E-state index contributed by atoms with van der Waals surface area (Å²) in [6.07, 6.45) is 3.73. The standard InChI is InChI=1S/C15H18Cl2N2S/c1-3-6-18-13(11-8-14(16)20-15(11)17)9-12-10(2)5-4-7-19-12/h4-5,7-8,13,18H,3,6,9H2,1-2H3. The predicted octanol–water partition coefficient (Wildman–Crippen LogP) is 5.04. The summed E-state index contributed by atoms with van der Waals surface area (Å²) in [4.78, 5) is 4.48. The first-order valence-electron chi connectivity index (χ1n) is 6.70. The second-order valence-corrected chi connectivity index (χ2v) is 7.04. The van der Waals surface area contributed by atoms with E-state index >= 15 is 0 Å². The molecule has 0 aliphatic heterocycles. The van der Waals surface area contributed by atoms with Gasteiger partial charge in [-0.05, 0) is 37.6 Å². The van der Waals surface area contributed by atoms with Crippen LogP contribution in [0.3, 0.4) is 0 Å². The molecule has 2 aromatic heterocycles. The van der Waals surface area contributed by atoms with E-state index < -0.39 is 0 Å². The van der Waals surface area contributed by atoms with Crippen molar-refractivity contribution in [2.75, 3.05) is 6.54 Å². The molecular formula is C15H18Cl2N2S. The summed E-state index contributed by atoms with van der Waals surface area (Å²) in [6, 6.07) is 6.16. The van der Waals surface area contributed by atoms with Gasteiger partial charge >= 0.3 is 0 Å². The molecule has 0 aliphatic rings. The lowest BCUT2D eigenvalue weighted by Gasteiger charge is -2.18. The summed E-state index contributed by atoms with van der Waals surface area (Å²) < 4.78 is 1.49. The van der Waals surface area contributed by atoms with Crippen LogP contribution in [0.4, 0.5) is 0 Å². The number of nitrogens with zero attached hydrogens (tertiary/aromatic N) is 1. The Morgan fingerprint density at radius 1 is 1.40 bits per heavy atom. The van der Waals surface area contributed by atoms with Crippen molar-refractivity contribution in [3.63, 3.8) is 0 Å². The Bertz CT molecular complexity index is 569. The molecule has 0 aromatic carbocycles. The number of halogens is 2. The van der Waals surface area contributed by atoms with Crippen molar-refractivity contribution < 1.29 is 0 Å². The van der Waals surface area contributed by atoms with Gasteiger partial charge in [-0.2, -0.15) is 0 Å². The number of nitrogens with one attached hydrogen (secondary N) is 1. The smallest absolute Gasteiger partial charge is 0.0992 e. The van der Waals surface area contributed by atoms with E-state index in [-0.39, 0.29) is 6.04 Å². The van der Waals surface area contributed by atoms with Crippen molar-refractivity contribution in [1.82, 2.24) is 10.3 Å². The molecule has 0 bridgehead atoms. The molecule has 2 nitrogen and oxygen atoms in total. The normalized spacial score (nSPS) is 12.6. The summed E-state index contributed by atoms with van der Waals surface area (Å²) in [7, 11) is 0. The SMILES string of the molecule is CCCNC(Cc1ncccc1C)c1cc(Cl)sc1Cl. The zero-order valence-corrected chi connectivity index (χ0v) is 13.9. The Balaban J connectivity index is 2.24. The lowest BCUT2D eigenvalue weighted by atomic mass is 10.0. The van der Waals surface area contributed by atoms with Crippen LogP contribution >= 0.6 is 34.5 Å². The number of rotatable bonds is 6. The minimum atomic E-state index is 0.153. The van der Waals surface area contributed by atoms with Crippen LogP contribution in [0.5, 0.6) is 0 Å². The molecule has 2 rings (SSSR count). The number of aromatic nitrogens is 1. The molecule has 0 saturated carbocycles. The highest BCUT2D eigenvalue weighted by atomic mass is 35.5. The van der Waals surface area contributed by atoms with Crippen molar-refractivity contribution in [2.24, 2.45) is 0 Å². The lowest BCUT2D eigenvalue weighted by Crippen LogP contribution is -2.24. The van der Waals surface area contributed by atoms with Gasteiger partial charge in [0.05, 0.1) is 8.67 Å². The number of hydrogen-bond donors (Lipinski definition) is 1. The average molecular weight is 329 g/mol. The van der Waals surface area contributed by atoms with Gasteiger partial charge in [0.25, 0.3) is 0 Å². The van der Waals surface area contributed by atoms with Gasteiger partial charge in [-0.3, -0.25) is 4.98 Å². The van der Waals surface area contributed by atoms with Crippen molar-refractivity contribution in [2.45, 2.75) is 32.7 Å². The minimum absolute atomic E-state index is 0.153. The first kappa shape index (κ1) is 15.8. The van der Waals surface area contributed by atoms with E-state index in [0.29, 0.717) is 0 Å². The highest BCUT2D eigenvalue weighted by Gasteiger charge is 2.18. The molecule has 2 heterocycles. The quantitative estimate of drug-likeness (QED) is 0.803. The Labute approximate surface area is 134 Å². The topological polar surface area (TPSA) is 24.9 Å². The molecule has 108 valence electrons. The van der Waals surface area contributed by atoms with Gasteiger partial charge in [0.2, 0.25) is 0 Å². The molecular weight excluding hydrogens is 311 g/mol. The van der Waals surface area contributed by atoms with Crippen LogP contribution < -0.4 is 5.32 Å². The Kier molecular flexibility index (Phi) is 5.85. The highest BCUT2D eigenvalue weighted by molar-refractivity contribution is 7.20. The second-order valence-electron chi connectivity index (χ2n) is 4.76. The van der Waals surface area contributed by atoms with Gasteiger partial charge < -0.3 is 5.32 Å². The van der Waals surface area contributed by atoms with E-state index in [4.69, 9.17) is 23.2 Å². The maximum atomic E-state index is 6.30. The molecule has 20 heavy (non-hydrogen) atoms. The summed E-state index contributed by atoms with van der Waals surface area (Å²) in [5.74, 6) is 0. The van der Waals surface area contributed by atoms with Crippen LogP contribution in [0, 0.1) is 6.92 Å². The molecule has 5 heteroatoms. The Hall–Kier alpha value is -0.610. The van der Waals surface area contributed by atoms with Crippen molar-refractivity contribution in [3.05, 3.63) is 49.9 Å². The van der Waals surface area contributed by atoms with Gasteiger partial charge in [0.1, 0.15) is 0 Å². The van der Waals surface area contributed by atoms with Crippen LogP contribution in [0.15, 0.2) is 24.4 Å². The largest absolute Gasteiger partial charge is 0.310 e. The fourth-order valence-electron chi connectivity index (χ4n) is 2.13. The molecule has 1 unspecified atom stereocenters. The van der Waals surface area contributed by atoms with Crippen LogP contribution in [-0.4, -0.2) is 11.5 Å². The van der Waals surface area contributed by atoms with Crippen molar-refractivity contribution >= 4 is 34.5 Å². The fourth-order valence-corrected chi connectivity index (χ4v) is 3.71. The van der Waals surface area contributed by atoms with Crippen molar-refractivity contribution in [3.8, 4) is 0 Å². The van der Waals surface area contributed by atoms with Crippen molar-refractivity contribution in [1.29, 1.82) is 0 Å². The third kappa shape index (κ3) is 3.95. The van der Waals surface area contributed by atoms with Gasteiger partial charge in [0.15, 0.2) is 0 Å². The summed E-state index contributed by atoms with van der Waals surface area (Å²) in [6.45, 7) is 5.18. The van der Waals surface area contributed by atoms with E-state index in [2.05, 4.69) is 30.2 Å². The summed E-state index contributed by atoms with van der Waals surface area (Å²) >= 11 is 13.8. The van der Waals surface area contributed by atoms with Gasteiger partial charge in [-0.25, -0.2) is 0 Å². The maximum Gasteiger partial charge on any atom is 0.0992 e. The van der Waals surface area contributed by atoms with Crippen LogP contribution in [0.1, 0.15) is 36.2 Å². The number of hydrogen-bond acceptors (Lipinski definition) is 3. The number of thiophene rings is 1. The first-order valence-corrected chi connectivity index (χ1v) is 8.27. The zero-order chi connectivity index (χ0) is 14.5. The third-order valence-electron chi connectivity index (χ3n) is 3.21. The molecule has 1 N–H and O–H groups in total. The molecule has 0 radical (unpaired) electrons. The van der Waals surface area contributed by atoms with E-state index in [1.54, 1.807) is 0 Å². The Morgan fingerprint density at radius 3 is 2.80 bits per heavy atom. The lowest BCUT2D eigenvalue weighted by molar-refractivity contribution is 0.525. The zero-order valence-electron chi connectivity index (χ0n) is 11.6. The average Bonchev–Trinajstić information content (AvgIpc) is 2.75. The monoisotopic (exact) mass is 328 g/mol. The minimum Gasteiger partial charge on any atom is -0.310 e. The van der Waals surface area contributed by atoms with E-state index in [9.17, 15) is 0 Å². The second kappa shape index (κ2) is 7.41. The number of pyridine rings is 1. The predicted molar refractivity (Wildman–Crippen MR) is 88.1 cm³/mol. The van der Waals surface area contributed by atoms with Gasteiger partial charge in [0, 0.05) is 29.9 Å². The first-order chi connectivity index (χ1) is 9.61. The van der Waals surface area contributed by atoms with E-state index in [1.165, 1.54) is 16.9 Å². The molecule has 2 aromatic rings. The molecule has 0 fully saturated rings. The number of aryl methyl sites for hydroxylation is 1. The fraction of sp³-hybridized carbons (Fsp3) is 0.400. The van der Waals surface area contributed by atoms with E-state index in [0.717, 1.165) is 39.3 Å². The molecule has 1 atom stereocenters. The summed E-state index contributed by atoms with van der Waals surface area (Å²) in [5.41, 5.74) is 3.37. The van der Waals surface area contributed by atoms with Crippen LogP contribution in [-0.2, 0) is 6.42 Å². The molecule has 0 spiro atoms. The van der Waals surface area contributed by atoms with Crippen LogP contribution in [0.2, 0.25) is 8.67 Å².